The van der Waals surface area contributed by atoms with Gasteiger partial charge in [-0.1, -0.05) is 6.42 Å². The molecular weight excluding hydrogens is 362 g/mol. The average Bonchev–Trinajstić information content (AvgIpc) is 3.21. The lowest BCUT2D eigenvalue weighted by atomic mass is 9.92. The number of rotatable bonds is 5. The monoisotopic (exact) mass is 386 g/mol. The molecule has 1 aromatic rings. The molecule has 3 heterocycles. The lowest BCUT2D eigenvalue weighted by Crippen LogP contribution is -2.43. The van der Waals surface area contributed by atoms with E-state index in [9.17, 15) is 8.78 Å². The zero-order valence-corrected chi connectivity index (χ0v) is 15.7. The number of allylic oxidation sites excluding steroid dienone is 1. The Bertz CT molecular complexity index is 819. The minimum absolute atomic E-state index is 0.290. The minimum atomic E-state index is -2.64. The summed E-state index contributed by atoms with van der Waals surface area (Å²) in [5.74, 6) is 2.08. The molecule has 148 valence electrons. The maximum Gasteiger partial charge on any atom is 0.281 e. The molecule has 2 aliphatic heterocycles. The van der Waals surface area contributed by atoms with E-state index in [2.05, 4.69) is 26.6 Å². The Hall–Kier alpha value is -2.64. The van der Waals surface area contributed by atoms with Gasteiger partial charge in [-0.3, -0.25) is 9.98 Å². The number of halogens is 2. The van der Waals surface area contributed by atoms with E-state index < -0.39 is 6.43 Å². The highest BCUT2D eigenvalue weighted by molar-refractivity contribution is 5.70. The van der Waals surface area contributed by atoms with E-state index in [4.69, 9.17) is 4.98 Å². The van der Waals surface area contributed by atoms with Crippen molar-refractivity contribution in [3.63, 3.8) is 0 Å². The third-order valence-electron chi connectivity index (χ3n) is 5.71. The molecular formula is C20H24F2N6. The number of piperidine rings is 1. The Balaban J connectivity index is 1.64. The molecule has 4 rings (SSSR count). The summed E-state index contributed by atoms with van der Waals surface area (Å²) in [6.45, 7) is 4.84. The normalized spacial score (nSPS) is 25.1. The number of anilines is 1. The molecule has 3 aliphatic rings. The van der Waals surface area contributed by atoms with Gasteiger partial charge in [-0.25, -0.2) is 18.7 Å². The fourth-order valence-corrected chi connectivity index (χ4v) is 4.48. The zero-order chi connectivity index (χ0) is 19.5. The summed E-state index contributed by atoms with van der Waals surface area (Å²) in [5.41, 5.74) is 0.239. The van der Waals surface area contributed by atoms with Crippen molar-refractivity contribution in [1.82, 2.24) is 14.9 Å². The standard InChI is InChI=1S/C20H24F2N6/c1-23-12-17(27-11-9-24-15(13-27)19(21)22)20-25-8-7-18(26-20)28-10-3-5-14-4-2-6-16(14)28/h7-9,12-14,16,19H,1-6,10-11H2/b17-12-. The average molecular weight is 386 g/mol. The third kappa shape index (κ3) is 3.68. The molecule has 0 spiro atoms. The highest BCUT2D eigenvalue weighted by Gasteiger charge is 2.35. The first-order valence-corrected chi connectivity index (χ1v) is 9.72. The van der Waals surface area contributed by atoms with Crippen LogP contribution in [0.3, 0.4) is 0 Å². The van der Waals surface area contributed by atoms with E-state index in [0.717, 1.165) is 18.3 Å². The minimum Gasteiger partial charge on any atom is -0.353 e. The molecule has 6 nitrogen and oxygen atoms in total. The Morgan fingerprint density at radius 2 is 2.14 bits per heavy atom. The van der Waals surface area contributed by atoms with E-state index in [1.807, 2.05) is 6.07 Å². The van der Waals surface area contributed by atoms with Gasteiger partial charge in [0, 0.05) is 31.2 Å². The van der Waals surface area contributed by atoms with Gasteiger partial charge in [-0.2, -0.15) is 0 Å². The van der Waals surface area contributed by atoms with Crippen LogP contribution in [0.4, 0.5) is 14.6 Å². The van der Waals surface area contributed by atoms with E-state index in [1.54, 1.807) is 11.1 Å². The molecule has 2 atom stereocenters. The van der Waals surface area contributed by atoms with Crippen LogP contribution < -0.4 is 4.90 Å². The number of hydrogen-bond donors (Lipinski definition) is 0. The van der Waals surface area contributed by atoms with Crippen molar-refractivity contribution in [1.29, 1.82) is 0 Å². The predicted molar refractivity (Wildman–Crippen MR) is 107 cm³/mol. The number of hydrogen-bond acceptors (Lipinski definition) is 6. The predicted octanol–water partition coefficient (Wildman–Crippen LogP) is 3.74. The highest BCUT2D eigenvalue weighted by Crippen LogP contribution is 2.38. The lowest BCUT2D eigenvalue weighted by molar-refractivity contribution is 0.185. The topological polar surface area (TPSA) is 57.0 Å². The fraction of sp³-hybridized carbons (Fsp3) is 0.500. The smallest absolute Gasteiger partial charge is 0.281 e. The lowest BCUT2D eigenvalue weighted by Gasteiger charge is -2.38. The summed E-state index contributed by atoms with van der Waals surface area (Å²) in [4.78, 5) is 20.8. The Morgan fingerprint density at radius 3 is 2.96 bits per heavy atom. The van der Waals surface area contributed by atoms with Crippen molar-refractivity contribution in [2.45, 2.75) is 44.6 Å². The molecule has 2 unspecified atom stereocenters. The molecule has 28 heavy (non-hydrogen) atoms. The zero-order valence-electron chi connectivity index (χ0n) is 15.7. The number of aromatic nitrogens is 2. The summed E-state index contributed by atoms with van der Waals surface area (Å²) in [7, 11) is 0. The van der Waals surface area contributed by atoms with Crippen LogP contribution in [0.2, 0.25) is 0 Å². The van der Waals surface area contributed by atoms with Gasteiger partial charge in [0.2, 0.25) is 0 Å². The number of nitrogens with zero attached hydrogens (tertiary/aromatic N) is 6. The van der Waals surface area contributed by atoms with E-state index in [-0.39, 0.29) is 5.70 Å². The van der Waals surface area contributed by atoms with Crippen molar-refractivity contribution in [2.24, 2.45) is 15.9 Å². The fourth-order valence-electron chi connectivity index (χ4n) is 4.48. The van der Waals surface area contributed by atoms with Gasteiger partial charge >= 0.3 is 0 Å². The second-order valence-electron chi connectivity index (χ2n) is 7.35. The van der Waals surface area contributed by atoms with Crippen molar-refractivity contribution >= 4 is 24.4 Å². The van der Waals surface area contributed by atoms with Crippen LogP contribution in [0.1, 0.15) is 37.9 Å². The molecule has 1 saturated heterocycles. The number of fused-ring (bicyclic) bond motifs is 1. The van der Waals surface area contributed by atoms with Crippen LogP contribution in [0, 0.1) is 5.92 Å². The highest BCUT2D eigenvalue weighted by atomic mass is 19.3. The first-order valence-electron chi connectivity index (χ1n) is 9.72. The quantitative estimate of drug-likeness (QED) is 0.724. The van der Waals surface area contributed by atoms with Crippen molar-refractivity contribution in [3.05, 3.63) is 36.2 Å². The van der Waals surface area contributed by atoms with Gasteiger partial charge in [0.1, 0.15) is 17.2 Å². The van der Waals surface area contributed by atoms with Gasteiger partial charge in [0.25, 0.3) is 6.43 Å². The van der Waals surface area contributed by atoms with Crippen LogP contribution in [0.15, 0.2) is 40.3 Å². The summed E-state index contributed by atoms with van der Waals surface area (Å²) >= 11 is 0. The maximum atomic E-state index is 13.1. The van der Waals surface area contributed by atoms with E-state index >= 15 is 0 Å². The van der Waals surface area contributed by atoms with E-state index in [0.29, 0.717) is 24.1 Å². The largest absolute Gasteiger partial charge is 0.353 e. The first-order chi connectivity index (χ1) is 13.7. The van der Waals surface area contributed by atoms with Crippen molar-refractivity contribution < 1.29 is 8.78 Å². The third-order valence-corrected chi connectivity index (χ3v) is 5.71. The Morgan fingerprint density at radius 1 is 1.29 bits per heavy atom. The molecule has 1 aliphatic carbocycles. The van der Waals surface area contributed by atoms with Crippen LogP contribution >= 0.6 is 0 Å². The van der Waals surface area contributed by atoms with Gasteiger partial charge in [0.15, 0.2) is 5.82 Å². The van der Waals surface area contributed by atoms with Crippen molar-refractivity contribution in [2.75, 3.05) is 18.0 Å². The SMILES string of the molecule is C=N/C=C(/c1nccc(N2CCCC3CCCC32)n1)N1C=C(C(F)F)N=CC1. The molecule has 0 radical (unpaired) electrons. The summed E-state index contributed by atoms with van der Waals surface area (Å²) in [6.07, 6.45) is 9.58. The van der Waals surface area contributed by atoms with Crippen molar-refractivity contribution in [3.8, 4) is 0 Å². The van der Waals surface area contributed by atoms with Gasteiger partial charge in [-0.15, -0.1) is 0 Å². The molecule has 8 heteroatoms. The van der Waals surface area contributed by atoms with Gasteiger partial charge in [0.05, 0.1) is 12.7 Å². The van der Waals surface area contributed by atoms with E-state index in [1.165, 1.54) is 50.7 Å². The molecule has 0 aromatic carbocycles. The Kier molecular flexibility index (Phi) is 5.45. The van der Waals surface area contributed by atoms with Crippen LogP contribution in [0.25, 0.3) is 5.70 Å². The summed E-state index contributed by atoms with van der Waals surface area (Å²) in [6, 6.07) is 2.47. The molecule has 1 aromatic heterocycles. The molecule has 2 fully saturated rings. The van der Waals surface area contributed by atoms with Crippen LogP contribution in [0.5, 0.6) is 0 Å². The summed E-state index contributed by atoms with van der Waals surface area (Å²) < 4.78 is 26.2. The second kappa shape index (κ2) is 8.16. The van der Waals surface area contributed by atoms with Crippen LogP contribution in [-0.4, -0.2) is 53.4 Å². The maximum absolute atomic E-state index is 13.1. The van der Waals surface area contributed by atoms with Crippen LogP contribution in [-0.2, 0) is 0 Å². The summed E-state index contributed by atoms with van der Waals surface area (Å²) in [5, 5.41) is 0. The second-order valence-corrected chi connectivity index (χ2v) is 7.35. The first kappa shape index (κ1) is 18.7. The molecule has 1 saturated carbocycles. The molecule has 0 amide bonds. The molecule has 0 bridgehead atoms. The number of alkyl halides is 2. The number of aliphatic imine (C=N–C) groups is 2. The molecule has 0 N–H and O–H groups in total. The van der Waals surface area contributed by atoms with Gasteiger partial charge < -0.3 is 9.80 Å². The Labute approximate surface area is 163 Å². The van der Waals surface area contributed by atoms with Gasteiger partial charge in [-0.05, 0) is 44.4 Å².